The summed E-state index contributed by atoms with van der Waals surface area (Å²) in [5.41, 5.74) is 1.89. The zero-order chi connectivity index (χ0) is 9.42. The minimum absolute atomic E-state index is 0.346. The fraction of sp³-hybridized carbons (Fsp3) is 0. The highest BCUT2D eigenvalue weighted by molar-refractivity contribution is 6.19. The van der Waals surface area contributed by atoms with Crippen LogP contribution in [0.2, 0.25) is 0 Å². The number of rotatable bonds is 1. The van der Waals surface area contributed by atoms with Crippen molar-refractivity contribution < 1.29 is 9.59 Å². The number of carbonyl (C=O) groups excluding carboxylic acids is 2. The van der Waals surface area contributed by atoms with Crippen LogP contribution in [0.1, 0.15) is 0 Å². The van der Waals surface area contributed by atoms with Gasteiger partial charge in [0.2, 0.25) is 0 Å². The molecular weight excluding hydrogens is 166 g/mol. The molecular formula is C10H7NO2. The molecule has 1 aliphatic heterocycles. The maximum Gasteiger partial charge on any atom is 0.258 e. The van der Waals surface area contributed by atoms with Crippen molar-refractivity contribution in [3.05, 3.63) is 47.6 Å². The first kappa shape index (κ1) is 7.73. The van der Waals surface area contributed by atoms with E-state index in [-0.39, 0.29) is 11.8 Å². The summed E-state index contributed by atoms with van der Waals surface area (Å²) in [5.74, 6) is -0.707. The molecule has 0 bridgehead atoms. The molecule has 0 unspecified atom stereocenters. The normalized spacial score (nSPS) is 20.5. The maximum atomic E-state index is 11.2. The average Bonchev–Trinajstić information content (AvgIpc) is 2.58. The molecule has 3 nitrogen and oxygen atoms in total. The minimum atomic E-state index is -0.361. The second-order valence-electron chi connectivity index (χ2n) is 2.84. The zero-order valence-corrected chi connectivity index (χ0v) is 6.83. The van der Waals surface area contributed by atoms with Crippen LogP contribution in [0.15, 0.2) is 47.6 Å². The Morgan fingerprint density at radius 1 is 1.23 bits per heavy atom. The molecule has 0 fully saturated rings. The van der Waals surface area contributed by atoms with E-state index in [1.54, 1.807) is 18.2 Å². The SMILES string of the molecule is C=C1C=CC=C1C1=CC(=O)NC1=O. The van der Waals surface area contributed by atoms with Gasteiger partial charge in [0.15, 0.2) is 0 Å². The third-order valence-corrected chi connectivity index (χ3v) is 1.95. The number of hydrogen-bond donors (Lipinski definition) is 1. The summed E-state index contributed by atoms with van der Waals surface area (Å²) < 4.78 is 0. The summed E-state index contributed by atoms with van der Waals surface area (Å²) in [6.07, 6.45) is 6.67. The molecule has 0 spiro atoms. The van der Waals surface area contributed by atoms with E-state index in [4.69, 9.17) is 0 Å². The number of carbonyl (C=O) groups is 2. The molecule has 0 aromatic carbocycles. The molecule has 2 aliphatic rings. The second-order valence-corrected chi connectivity index (χ2v) is 2.84. The summed E-state index contributed by atoms with van der Waals surface area (Å²) >= 11 is 0. The van der Waals surface area contributed by atoms with E-state index in [0.29, 0.717) is 5.57 Å². The van der Waals surface area contributed by atoms with Gasteiger partial charge in [-0.3, -0.25) is 14.9 Å². The van der Waals surface area contributed by atoms with Gasteiger partial charge in [-0.1, -0.05) is 24.8 Å². The highest BCUT2D eigenvalue weighted by Gasteiger charge is 2.25. The summed E-state index contributed by atoms with van der Waals surface area (Å²) in [4.78, 5) is 22.0. The standard InChI is InChI=1S/C10H7NO2/c1-6-3-2-4-7(6)8-5-9(12)11-10(8)13/h2-5H,1H2,(H,11,12,13). The number of allylic oxidation sites excluding steroid dienone is 4. The number of nitrogens with one attached hydrogen (secondary N) is 1. The summed E-state index contributed by atoms with van der Waals surface area (Å²) in [6.45, 7) is 3.75. The van der Waals surface area contributed by atoms with Gasteiger partial charge in [0.25, 0.3) is 11.8 Å². The molecule has 1 aliphatic carbocycles. The average molecular weight is 173 g/mol. The van der Waals surface area contributed by atoms with Gasteiger partial charge in [-0.25, -0.2) is 0 Å². The van der Waals surface area contributed by atoms with Crippen LogP contribution in [0.5, 0.6) is 0 Å². The quantitative estimate of drug-likeness (QED) is 0.591. The Kier molecular flexibility index (Phi) is 1.52. The monoisotopic (exact) mass is 173 g/mol. The lowest BCUT2D eigenvalue weighted by atomic mass is 10.0. The molecule has 0 atom stereocenters. The first-order valence-corrected chi connectivity index (χ1v) is 3.83. The molecule has 0 aromatic heterocycles. The highest BCUT2D eigenvalue weighted by atomic mass is 16.2. The minimum Gasteiger partial charge on any atom is -0.289 e. The van der Waals surface area contributed by atoms with E-state index >= 15 is 0 Å². The first-order chi connectivity index (χ1) is 6.18. The Hall–Kier alpha value is -1.90. The predicted octanol–water partition coefficient (Wildman–Crippen LogP) is 0.622. The summed E-state index contributed by atoms with van der Waals surface area (Å²) in [7, 11) is 0. The fourth-order valence-electron chi connectivity index (χ4n) is 1.33. The molecule has 0 aromatic rings. The van der Waals surface area contributed by atoms with E-state index in [2.05, 4.69) is 11.9 Å². The van der Waals surface area contributed by atoms with Gasteiger partial charge in [-0.15, -0.1) is 0 Å². The van der Waals surface area contributed by atoms with Crippen molar-refractivity contribution in [2.75, 3.05) is 0 Å². The van der Waals surface area contributed by atoms with E-state index in [9.17, 15) is 9.59 Å². The Bertz CT molecular complexity index is 411. The van der Waals surface area contributed by atoms with Crippen molar-refractivity contribution in [3.63, 3.8) is 0 Å². The number of hydrogen-bond acceptors (Lipinski definition) is 2. The molecule has 1 heterocycles. The van der Waals surface area contributed by atoms with Gasteiger partial charge < -0.3 is 0 Å². The largest absolute Gasteiger partial charge is 0.289 e. The lowest BCUT2D eigenvalue weighted by molar-refractivity contribution is -0.123. The topological polar surface area (TPSA) is 46.2 Å². The van der Waals surface area contributed by atoms with Crippen LogP contribution in [0.3, 0.4) is 0 Å². The number of amides is 2. The van der Waals surface area contributed by atoms with E-state index in [0.717, 1.165) is 11.1 Å². The highest BCUT2D eigenvalue weighted by Crippen LogP contribution is 2.25. The Morgan fingerprint density at radius 2 is 2.00 bits per heavy atom. The molecule has 0 saturated heterocycles. The first-order valence-electron chi connectivity index (χ1n) is 3.83. The predicted molar refractivity (Wildman–Crippen MR) is 47.6 cm³/mol. The van der Waals surface area contributed by atoms with Crippen LogP contribution in [0.4, 0.5) is 0 Å². The van der Waals surface area contributed by atoms with Crippen molar-refractivity contribution >= 4 is 11.8 Å². The van der Waals surface area contributed by atoms with Crippen molar-refractivity contribution in [1.29, 1.82) is 0 Å². The fourth-order valence-corrected chi connectivity index (χ4v) is 1.33. The van der Waals surface area contributed by atoms with Crippen molar-refractivity contribution in [2.45, 2.75) is 0 Å². The molecule has 64 valence electrons. The van der Waals surface area contributed by atoms with Crippen LogP contribution in [-0.2, 0) is 9.59 Å². The van der Waals surface area contributed by atoms with Gasteiger partial charge in [-0.05, 0) is 11.1 Å². The van der Waals surface area contributed by atoms with Crippen LogP contribution < -0.4 is 5.32 Å². The molecule has 0 radical (unpaired) electrons. The Balaban J connectivity index is 2.38. The van der Waals surface area contributed by atoms with Crippen LogP contribution in [0, 0.1) is 0 Å². The molecule has 0 saturated carbocycles. The van der Waals surface area contributed by atoms with Crippen LogP contribution in [-0.4, -0.2) is 11.8 Å². The summed E-state index contributed by atoms with van der Waals surface area (Å²) in [6, 6.07) is 0. The van der Waals surface area contributed by atoms with Gasteiger partial charge in [0, 0.05) is 6.08 Å². The third kappa shape index (κ3) is 1.14. The summed E-state index contributed by atoms with van der Waals surface area (Å²) in [5, 5.41) is 2.18. The Labute approximate surface area is 75.1 Å². The number of imide groups is 1. The van der Waals surface area contributed by atoms with Gasteiger partial charge in [0.05, 0.1) is 5.57 Å². The molecule has 2 rings (SSSR count). The van der Waals surface area contributed by atoms with E-state index in [1.165, 1.54) is 6.08 Å². The lowest BCUT2D eigenvalue weighted by Gasteiger charge is -2.01. The third-order valence-electron chi connectivity index (χ3n) is 1.95. The Morgan fingerprint density at radius 3 is 2.46 bits per heavy atom. The second kappa shape index (κ2) is 2.55. The molecule has 2 amide bonds. The smallest absolute Gasteiger partial charge is 0.258 e. The van der Waals surface area contributed by atoms with Gasteiger partial charge >= 0.3 is 0 Å². The van der Waals surface area contributed by atoms with E-state index in [1.807, 2.05) is 0 Å². The van der Waals surface area contributed by atoms with Crippen LogP contribution in [0.25, 0.3) is 0 Å². The van der Waals surface area contributed by atoms with Crippen molar-refractivity contribution in [3.8, 4) is 0 Å². The van der Waals surface area contributed by atoms with Crippen LogP contribution >= 0.6 is 0 Å². The van der Waals surface area contributed by atoms with Crippen molar-refractivity contribution in [1.82, 2.24) is 5.32 Å². The van der Waals surface area contributed by atoms with Crippen molar-refractivity contribution in [2.24, 2.45) is 0 Å². The van der Waals surface area contributed by atoms with Gasteiger partial charge in [0.1, 0.15) is 0 Å². The lowest BCUT2D eigenvalue weighted by Crippen LogP contribution is -2.22. The zero-order valence-electron chi connectivity index (χ0n) is 6.83. The molecule has 1 N–H and O–H groups in total. The molecule has 3 heteroatoms. The maximum absolute atomic E-state index is 11.2. The van der Waals surface area contributed by atoms with E-state index < -0.39 is 0 Å². The molecule has 13 heavy (non-hydrogen) atoms. The van der Waals surface area contributed by atoms with Gasteiger partial charge in [-0.2, -0.15) is 0 Å².